The summed E-state index contributed by atoms with van der Waals surface area (Å²) in [6, 6.07) is 9.33. The number of hydrogen-bond donors (Lipinski definition) is 1. The third-order valence-corrected chi connectivity index (χ3v) is 5.83. The second-order valence-corrected chi connectivity index (χ2v) is 7.94. The SMILES string of the molecule is C=CCOc1ccc(C(O)=C2C(=O)C(=O)N(CCCN3CCOCC3)[C@@H]2c2ccco2)cc1. The minimum atomic E-state index is -0.776. The van der Waals surface area contributed by atoms with Gasteiger partial charge in [0.05, 0.1) is 25.1 Å². The van der Waals surface area contributed by atoms with Gasteiger partial charge in [0.25, 0.3) is 11.7 Å². The summed E-state index contributed by atoms with van der Waals surface area (Å²) in [6.45, 7) is 8.26. The molecule has 0 spiro atoms. The fraction of sp³-hybridized carbons (Fsp3) is 0.360. The largest absolute Gasteiger partial charge is 0.507 e. The molecule has 2 aliphatic heterocycles. The van der Waals surface area contributed by atoms with Crippen LogP contribution in [0.2, 0.25) is 0 Å². The molecule has 1 amide bonds. The summed E-state index contributed by atoms with van der Waals surface area (Å²) in [7, 11) is 0. The topological polar surface area (TPSA) is 92.5 Å². The van der Waals surface area contributed by atoms with Gasteiger partial charge in [0, 0.05) is 31.7 Å². The van der Waals surface area contributed by atoms with E-state index in [0.29, 0.717) is 49.9 Å². The maximum atomic E-state index is 13.0. The summed E-state index contributed by atoms with van der Waals surface area (Å²) in [5.41, 5.74) is 0.449. The summed E-state index contributed by atoms with van der Waals surface area (Å²) < 4.78 is 16.4. The van der Waals surface area contributed by atoms with Crippen LogP contribution in [0, 0.1) is 0 Å². The Bertz CT molecular complexity index is 1010. The minimum Gasteiger partial charge on any atom is -0.507 e. The molecule has 2 aliphatic rings. The minimum absolute atomic E-state index is 0.0288. The number of rotatable bonds is 9. The smallest absolute Gasteiger partial charge is 0.295 e. The molecule has 8 nitrogen and oxygen atoms in total. The first-order valence-electron chi connectivity index (χ1n) is 11.1. The maximum absolute atomic E-state index is 13.0. The number of hydrogen-bond acceptors (Lipinski definition) is 7. The number of carbonyl (C=O) groups excluding carboxylic acids is 2. The number of carbonyl (C=O) groups is 2. The number of amides is 1. The molecule has 8 heteroatoms. The standard InChI is InChI=1S/C25H28N2O6/c1-2-14-32-19-8-6-18(7-9-19)23(28)21-22(20-5-3-15-33-20)27(25(30)24(21)29)11-4-10-26-12-16-31-17-13-26/h2-3,5-9,15,22,28H,1,4,10-14,16-17H2/t22-/m1/s1. The average molecular weight is 453 g/mol. The van der Waals surface area contributed by atoms with Gasteiger partial charge in [-0.25, -0.2) is 0 Å². The Kier molecular flexibility index (Phi) is 7.26. The molecular weight excluding hydrogens is 424 g/mol. The molecule has 2 aromatic rings. The van der Waals surface area contributed by atoms with E-state index in [-0.39, 0.29) is 11.3 Å². The van der Waals surface area contributed by atoms with Crippen LogP contribution in [-0.2, 0) is 14.3 Å². The van der Waals surface area contributed by atoms with Crippen LogP contribution in [0.5, 0.6) is 5.75 Å². The maximum Gasteiger partial charge on any atom is 0.295 e. The van der Waals surface area contributed by atoms with Crippen LogP contribution in [0.25, 0.3) is 5.76 Å². The predicted molar refractivity (Wildman–Crippen MR) is 122 cm³/mol. The monoisotopic (exact) mass is 452 g/mol. The molecule has 2 fully saturated rings. The fourth-order valence-corrected chi connectivity index (χ4v) is 4.16. The van der Waals surface area contributed by atoms with Gasteiger partial charge >= 0.3 is 0 Å². The zero-order valence-electron chi connectivity index (χ0n) is 18.4. The van der Waals surface area contributed by atoms with Crippen LogP contribution >= 0.6 is 0 Å². The Hall–Kier alpha value is -3.36. The number of benzene rings is 1. The van der Waals surface area contributed by atoms with Gasteiger partial charge < -0.3 is 23.9 Å². The molecule has 1 aromatic heterocycles. The van der Waals surface area contributed by atoms with Crippen molar-refractivity contribution in [3.63, 3.8) is 0 Å². The van der Waals surface area contributed by atoms with Gasteiger partial charge in [-0.1, -0.05) is 12.7 Å². The van der Waals surface area contributed by atoms with Crippen LogP contribution in [-0.4, -0.2) is 72.6 Å². The van der Waals surface area contributed by atoms with Gasteiger partial charge in [-0.15, -0.1) is 0 Å². The van der Waals surface area contributed by atoms with Crippen LogP contribution < -0.4 is 4.74 Å². The van der Waals surface area contributed by atoms with E-state index < -0.39 is 17.7 Å². The number of aliphatic hydroxyl groups is 1. The molecule has 0 unspecified atom stereocenters. The molecule has 4 rings (SSSR count). The first-order chi connectivity index (χ1) is 16.1. The first kappa shape index (κ1) is 22.8. The van der Waals surface area contributed by atoms with Crippen molar-refractivity contribution in [2.24, 2.45) is 0 Å². The van der Waals surface area contributed by atoms with E-state index in [4.69, 9.17) is 13.9 Å². The van der Waals surface area contributed by atoms with E-state index >= 15 is 0 Å². The van der Waals surface area contributed by atoms with Gasteiger partial charge in [0.2, 0.25) is 0 Å². The number of nitrogens with zero attached hydrogens (tertiary/aromatic N) is 2. The van der Waals surface area contributed by atoms with E-state index in [0.717, 1.165) is 19.6 Å². The van der Waals surface area contributed by atoms with Crippen molar-refractivity contribution in [3.05, 3.63) is 72.2 Å². The third kappa shape index (κ3) is 5.02. The molecule has 1 atom stereocenters. The quantitative estimate of drug-likeness (QED) is 0.271. The number of Topliss-reactive ketones (excluding diaryl/α,β-unsaturated/α-hetero) is 1. The number of furan rings is 1. The fourth-order valence-electron chi connectivity index (χ4n) is 4.16. The molecular formula is C25H28N2O6. The Labute approximate surface area is 192 Å². The average Bonchev–Trinajstić information content (AvgIpc) is 3.46. The summed E-state index contributed by atoms with van der Waals surface area (Å²) in [6.07, 6.45) is 3.83. The van der Waals surface area contributed by atoms with Crippen molar-refractivity contribution < 1.29 is 28.6 Å². The van der Waals surface area contributed by atoms with Gasteiger partial charge in [-0.2, -0.15) is 0 Å². The van der Waals surface area contributed by atoms with E-state index in [9.17, 15) is 14.7 Å². The lowest BCUT2D eigenvalue weighted by molar-refractivity contribution is -0.140. The molecule has 174 valence electrons. The Balaban J connectivity index is 1.58. The lowest BCUT2D eigenvalue weighted by atomic mass is 9.99. The zero-order valence-corrected chi connectivity index (χ0v) is 18.4. The molecule has 0 bridgehead atoms. The number of morpholine rings is 1. The van der Waals surface area contributed by atoms with Gasteiger partial charge in [0.15, 0.2) is 0 Å². The molecule has 0 radical (unpaired) electrons. The highest BCUT2D eigenvalue weighted by Gasteiger charge is 2.47. The Morgan fingerprint density at radius 2 is 1.91 bits per heavy atom. The van der Waals surface area contributed by atoms with Crippen LogP contribution in [0.4, 0.5) is 0 Å². The van der Waals surface area contributed by atoms with Crippen molar-refractivity contribution >= 4 is 17.4 Å². The second kappa shape index (κ2) is 10.5. The van der Waals surface area contributed by atoms with Crippen molar-refractivity contribution in [2.75, 3.05) is 46.0 Å². The molecule has 0 aliphatic carbocycles. The summed E-state index contributed by atoms with van der Waals surface area (Å²) in [5.74, 6) is -0.538. The number of likely N-dealkylation sites (tertiary alicyclic amines) is 1. The predicted octanol–water partition coefficient (Wildman–Crippen LogP) is 2.99. The molecule has 33 heavy (non-hydrogen) atoms. The second-order valence-electron chi connectivity index (χ2n) is 7.94. The van der Waals surface area contributed by atoms with Crippen LogP contribution in [0.15, 0.2) is 65.3 Å². The van der Waals surface area contributed by atoms with Gasteiger partial charge in [0.1, 0.15) is 29.9 Å². The number of ketones is 1. The lowest BCUT2D eigenvalue weighted by Crippen LogP contribution is -2.38. The lowest BCUT2D eigenvalue weighted by Gasteiger charge is -2.28. The summed E-state index contributed by atoms with van der Waals surface area (Å²) >= 11 is 0. The summed E-state index contributed by atoms with van der Waals surface area (Å²) in [5, 5.41) is 11.1. The highest BCUT2D eigenvalue weighted by atomic mass is 16.5. The van der Waals surface area contributed by atoms with E-state index in [1.807, 2.05) is 0 Å². The van der Waals surface area contributed by atoms with E-state index in [1.54, 1.807) is 42.5 Å². The van der Waals surface area contributed by atoms with Crippen molar-refractivity contribution in [1.29, 1.82) is 0 Å². The highest BCUT2D eigenvalue weighted by molar-refractivity contribution is 6.46. The van der Waals surface area contributed by atoms with Crippen LogP contribution in [0.3, 0.4) is 0 Å². The first-order valence-corrected chi connectivity index (χ1v) is 11.1. The number of aliphatic hydroxyl groups excluding tert-OH is 1. The van der Waals surface area contributed by atoms with Crippen molar-refractivity contribution in [3.8, 4) is 5.75 Å². The molecule has 1 aromatic carbocycles. The Morgan fingerprint density at radius 3 is 2.58 bits per heavy atom. The normalized spacial score (nSPS) is 20.8. The van der Waals surface area contributed by atoms with Gasteiger partial charge in [-0.3, -0.25) is 14.5 Å². The van der Waals surface area contributed by atoms with Crippen molar-refractivity contribution in [1.82, 2.24) is 9.80 Å². The van der Waals surface area contributed by atoms with Crippen molar-refractivity contribution in [2.45, 2.75) is 12.5 Å². The zero-order chi connectivity index (χ0) is 23.2. The van der Waals surface area contributed by atoms with E-state index in [2.05, 4.69) is 11.5 Å². The van der Waals surface area contributed by atoms with E-state index in [1.165, 1.54) is 11.2 Å². The highest BCUT2D eigenvalue weighted by Crippen LogP contribution is 2.39. The van der Waals surface area contributed by atoms with Crippen LogP contribution in [0.1, 0.15) is 23.8 Å². The third-order valence-electron chi connectivity index (χ3n) is 5.83. The molecule has 0 saturated carbocycles. The Morgan fingerprint density at radius 1 is 1.15 bits per heavy atom. The molecule has 3 heterocycles. The number of ether oxygens (including phenoxy) is 2. The molecule has 2 saturated heterocycles. The van der Waals surface area contributed by atoms with Gasteiger partial charge in [-0.05, 0) is 42.8 Å². The summed E-state index contributed by atoms with van der Waals surface area (Å²) in [4.78, 5) is 29.7. The molecule has 1 N–H and O–H groups in total.